The number of carbonyl (C=O) groups excluding carboxylic acids is 4. The summed E-state index contributed by atoms with van der Waals surface area (Å²) in [4.78, 5) is 50.9. The second-order valence-corrected chi connectivity index (χ2v) is 9.32. The molecule has 206 valence electrons. The van der Waals surface area contributed by atoms with Gasteiger partial charge < -0.3 is 24.3 Å². The van der Waals surface area contributed by atoms with Gasteiger partial charge in [-0.3, -0.25) is 9.59 Å². The maximum absolute atomic E-state index is 12.6. The molecular formula is C28H35NO8S. The lowest BCUT2D eigenvalue weighted by Gasteiger charge is -2.19. The Labute approximate surface area is 227 Å². The summed E-state index contributed by atoms with van der Waals surface area (Å²) in [6.45, 7) is 7.62. The molecular weight excluding hydrogens is 510 g/mol. The summed E-state index contributed by atoms with van der Waals surface area (Å²) in [5.41, 5.74) is 1.71. The first-order chi connectivity index (χ1) is 18.3. The summed E-state index contributed by atoms with van der Waals surface area (Å²) in [6, 6.07) is 11.0. The maximum atomic E-state index is 12.6. The molecule has 1 amide bonds. The third-order valence-electron chi connectivity index (χ3n) is 5.35. The lowest BCUT2D eigenvalue weighted by Crippen LogP contribution is -2.34. The van der Waals surface area contributed by atoms with Crippen molar-refractivity contribution in [1.82, 2.24) is 5.32 Å². The van der Waals surface area contributed by atoms with Gasteiger partial charge in [0.1, 0.15) is 11.5 Å². The molecule has 0 saturated carbocycles. The normalized spacial score (nSPS) is 11.7. The van der Waals surface area contributed by atoms with Gasteiger partial charge in [-0.15, -0.1) is 11.3 Å². The van der Waals surface area contributed by atoms with Gasteiger partial charge in [-0.1, -0.05) is 36.4 Å². The molecule has 0 fully saturated rings. The molecule has 1 aromatic carbocycles. The van der Waals surface area contributed by atoms with Crippen LogP contribution in [-0.4, -0.2) is 50.4 Å². The zero-order valence-corrected chi connectivity index (χ0v) is 23.0. The molecule has 0 aliphatic carbocycles. The Morgan fingerprint density at radius 2 is 1.55 bits per heavy atom. The topological polar surface area (TPSA) is 117 Å². The van der Waals surface area contributed by atoms with Crippen molar-refractivity contribution in [2.24, 2.45) is 11.8 Å². The second-order valence-electron chi connectivity index (χ2n) is 8.23. The average Bonchev–Trinajstić information content (AvgIpc) is 3.28. The summed E-state index contributed by atoms with van der Waals surface area (Å²) in [7, 11) is 0. The van der Waals surface area contributed by atoms with E-state index in [1.165, 1.54) is 11.3 Å². The van der Waals surface area contributed by atoms with Crippen LogP contribution >= 0.6 is 11.3 Å². The van der Waals surface area contributed by atoms with Crippen molar-refractivity contribution in [2.75, 3.05) is 26.4 Å². The monoisotopic (exact) mass is 545 g/mol. The number of carbonyl (C=O) groups is 4. The molecule has 2 rings (SSSR count). The zero-order chi connectivity index (χ0) is 27.9. The number of hydrogen-bond acceptors (Lipinski definition) is 9. The Hall–Kier alpha value is -3.66. The van der Waals surface area contributed by atoms with Crippen molar-refractivity contribution in [2.45, 2.75) is 40.7 Å². The number of nitrogens with one attached hydrogen (secondary N) is 1. The molecule has 0 saturated heterocycles. The maximum Gasteiger partial charge on any atom is 0.407 e. The summed E-state index contributed by atoms with van der Waals surface area (Å²) in [6.07, 6.45) is 3.00. The van der Waals surface area contributed by atoms with Crippen LogP contribution in [0.4, 0.5) is 4.79 Å². The Morgan fingerprint density at radius 3 is 2.16 bits per heavy atom. The van der Waals surface area contributed by atoms with Crippen molar-refractivity contribution < 1.29 is 38.1 Å². The van der Waals surface area contributed by atoms with Gasteiger partial charge in [0.15, 0.2) is 5.92 Å². The van der Waals surface area contributed by atoms with Crippen LogP contribution in [0, 0.1) is 18.8 Å². The van der Waals surface area contributed by atoms with Crippen LogP contribution in [0.25, 0.3) is 6.08 Å². The van der Waals surface area contributed by atoms with E-state index in [1.54, 1.807) is 39.0 Å². The number of benzene rings is 1. The fraction of sp³-hybridized carbons (Fsp3) is 0.429. The van der Waals surface area contributed by atoms with E-state index in [2.05, 4.69) is 5.32 Å². The molecule has 1 atom stereocenters. The first-order valence-corrected chi connectivity index (χ1v) is 13.3. The first-order valence-electron chi connectivity index (χ1n) is 12.5. The summed E-state index contributed by atoms with van der Waals surface area (Å²) in [5.74, 6) is -3.39. The predicted molar refractivity (Wildman–Crippen MR) is 144 cm³/mol. The van der Waals surface area contributed by atoms with Gasteiger partial charge in [-0.05, 0) is 63.3 Å². The standard InChI is InChI=1S/C28H35NO8S/c1-5-34-25(30)22(26(31)35-6-2)16-21(17-29-28(33)37-18-20-11-9-8-10-12-20)13-14-23-19(4)15-24(38-23)27(32)36-7-3/h8-15,21-22H,5-7,16-18H2,1-4H3,(H,29,33)/b14-13+. The molecule has 1 unspecified atom stereocenters. The van der Waals surface area contributed by atoms with Crippen LogP contribution in [0.1, 0.15) is 52.9 Å². The highest BCUT2D eigenvalue weighted by Gasteiger charge is 2.32. The summed E-state index contributed by atoms with van der Waals surface area (Å²) in [5, 5.41) is 2.70. The van der Waals surface area contributed by atoms with E-state index in [0.717, 1.165) is 16.0 Å². The van der Waals surface area contributed by atoms with Crippen LogP contribution < -0.4 is 5.32 Å². The van der Waals surface area contributed by atoms with Crippen LogP contribution in [0.5, 0.6) is 0 Å². The van der Waals surface area contributed by atoms with Gasteiger partial charge in [0.25, 0.3) is 0 Å². The summed E-state index contributed by atoms with van der Waals surface area (Å²) >= 11 is 1.27. The number of hydrogen-bond donors (Lipinski definition) is 1. The fourth-order valence-corrected chi connectivity index (χ4v) is 4.47. The second kappa shape index (κ2) is 16.2. The minimum absolute atomic E-state index is 0.0439. The minimum atomic E-state index is -1.16. The van der Waals surface area contributed by atoms with E-state index in [4.69, 9.17) is 18.9 Å². The van der Waals surface area contributed by atoms with E-state index in [1.807, 2.05) is 37.3 Å². The van der Waals surface area contributed by atoms with Gasteiger partial charge in [-0.25, -0.2) is 9.59 Å². The Morgan fingerprint density at radius 1 is 0.921 bits per heavy atom. The number of esters is 3. The van der Waals surface area contributed by atoms with E-state index in [9.17, 15) is 19.2 Å². The van der Waals surface area contributed by atoms with Crippen molar-refractivity contribution >= 4 is 41.4 Å². The molecule has 0 radical (unpaired) electrons. The summed E-state index contributed by atoms with van der Waals surface area (Å²) < 4.78 is 20.5. The number of amides is 1. The van der Waals surface area contributed by atoms with Crippen molar-refractivity contribution in [3.63, 3.8) is 0 Å². The molecule has 2 aromatic rings. The fourth-order valence-electron chi connectivity index (χ4n) is 3.48. The molecule has 9 nitrogen and oxygen atoms in total. The molecule has 1 N–H and O–H groups in total. The Balaban J connectivity index is 2.19. The highest BCUT2D eigenvalue weighted by atomic mass is 32.1. The number of aryl methyl sites for hydroxylation is 1. The van der Waals surface area contributed by atoms with Gasteiger partial charge in [0.05, 0.1) is 19.8 Å². The lowest BCUT2D eigenvalue weighted by atomic mass is 9.93. The number of ether oxygens (including phenoxy) is 4. The molecule has 38 heavy (non-hydrogen) atoms. The Kier molecular flexibility index (Phi) is 13.1. The van der Waals surface area contributed by atoms with Crippen LogP contribution in [0.2, 0.25) is 0 Å². The molecule has 1 aromatic heterocycles. The van der Waals surface area contributed by atoms with E-state index >= 15 is 0 Å². The quantitative estimate of drug-likeness (QED) is 0.202. The van der Waals surface area contributed by atoms with Crippen LogP contribution in [-0.2, 0) is 35.1 Å². The van der Waals surface area contributed by atoms with Gasteiger partial charge in [-0.2, -0.15) is 0 Å². The molecule has 0 aliphatic rings. The Bertz CT molecular complexity index is 1080. The van der Waals surface area contributed by atoms with E-state index in [0.29, 0.717) is 4.88 Å². The SMILES string of the molecule is CCOC(=O)c1cc(C)c(/C=C/C(CNC(=O)OCc2ccccc2)CC(C(=O)OCC)C(=O)OCC)s1. The number of thiophene rings is 1. The molecule has 1 heterocycles. The average molecular weight is 546 g/mol. The van der Waals surface area contributed by atoms with E-state index in [-0.39, 0.29) is 39.4 Å². The highest BCUT2D eigenvalue weighted by molar-refractivity contribution is 7.15. The van der Waals surface area contributed by atoms with Crippen LogP contribution in [0.15, 0.2) is 42.5 Å². The third kappa shape index (κ3) is 10.0. The highest BCUT2D eigenvalue weighted by Crippen LogP contribution is 2.26. The van der Waals surface area contributed by atoms with Crippen molar-refractivity contribution in [3.05, 3.63) is 63.4 Å². The van der Waals surface area contributed by atoms with Gasteiger partial charge in [0, 0.05) is 11.4 Å². The van der Waals surface area contributed by atoms with E-state index < -0.39 is 35.8 Å². The van der Waals surface area contributed by atoms with Gasteiger partial charge in [0.2, 0.25) is 0 Å². The van der Waals surface area contributed by atoms with Crippen molar-refractivity contribution in [3.8, 4) is 0 Å². The van der Waals surface area contributed by atoms with Crippen molar-refractivity contribution in [1.29, 1.82) is 0 Å². The van der Waals surface area contributed by atoms with Crippen LogP contribution in [0.3, 0.4) is 0 Å². The molecule has 0 bridgehead atoms. The largest absolute Gasteiger partial charge is 0.465 e. The molecule has 0 aliphatic heterocycles. The zero-order valence-electron chi connectivity index (χ0n) is 22.2. The van der Waals surface area contributed by atoms with Gasteiger partial charge >= 0.3 is 24.0 Å². The lowest BCUT2D eigenvalue weighted by molar-refractivity contribution is -0.162. The third-order valence-corrected chi connectivity index (χ3v) is 6.54. The number of rotatable bonds is 14. The predicted octanol–water partition coefficient (Wildman–Crippen LogP) is 4.92. The molecule has 10 heteroatoms. The molecule has 0 spiro atoms. The first kappa shape index (κ1) is 30.6. The number of alkyl carbamates (subject to hydrolysis) is 1. The smallest absolute Gasteiger partial charge is 0.407 e. The minimum Gasteiger partial charge on any atom is -0.465 e.